The Morgan fingerprint density at radius 2 is 1.94 bits per heavy atom. The van der Waals surface area contributed by atoms with Crippen LogP contribution in [-0.4, -0.2) is 43.0 Å². The van der Waals surface area contributed by atoms with Crippen LogP contribution in [0.25, 0.3) is 0 Å². The van der Waals surface area contributed by atoms with E-state index in [1.165, 1.54) is 0 Å². The van der Waals surface area contributed by atoms with Crippen LogP contribution in [0.5, 0.6) is 0 Å². The second kappa shape index (κ2) is 9.92. The van der Waals surface area contributed by atoms with Crippen molar-refractivity contribution >= 4 is 23.3 Å². The van der Waals surface area contributed by atoms with E-state index in [-0.39, 0.29) is 29.8 Å². The van der Waals surface area contributed by atoms with Crippen molar-refractivity contribution in [2.45, 2.75) is 46.2 Å². The van der Waals surface area contributed by atoms with Gasteiger partial charge in [0.25, 0.3) is 5.91 Å². The van der Waals surface area contributed by atoms with Crippen LogP contribution < -0.4 is 20.9 Å². The van der Waals surface area contributed by atoms with Gasteiger partial charge in [0.2, 0.25) is 5.91 Å². The highest BCUT2D eigenvalue weighted by atomic mass is 16.2. The molecular weight excluding hydrogens is 390 g/mol. The zero-order valence-corrected chi connectivity index (χ0v) is 19.0. The minimum atomic E-state index is -0.120. The van der Waals surface area contributed by atoms with E-state index in [1.54, 1.807) is 13.0 Å². The number of hydrogen-bond acceptors (Lipinski definition) is 5. The summed E-state index contributed by atoms with van der Waals surface area (Å²) < 4.78 is 0. The summed E-state index contributed by atoms with van der Waals surface area (Å²) in [6.07, 6.45) is 0.839. The molecule has 31 heavy (non-hydrogen) atoms. The van der Waals surface area contributed by atoms with Gasteiger partial charge < -0.3 is 20.9 Å². The van der Waals surface area contributed by atoms with Gasteiger partial charge in [-0.25, -0.2) is 4.98 Å². The quantitative estimate of drug-likeness (QED) is 0.595. The Labute approximate surface area is 184 Å². The van der Waals surface area contributed by atoms with E-state index in [1.807, 2.05) is 49.2 Å². The van der Waals surface area contributed by atoms with Crippen LogP contribution in [0.3, 0.4) is 0 Å². The Morgan fingerprint density at radius 1 is 1.16 bits per heavy atom. The first-order valence-electron chi connectivity index (χ1n) is 10.9. The number of anilines is 2. The average molecular weight is 424 g/mol. The number of carbonyl (C=O) groups is 2. The monoisotopic (exact) mass is 423 g/mol. The number of nitrogens with one attached hydrogen (secondary N) is 3. The zero-order valence-electron chi connectivity index (χ0n) is 19.0. The molecule has 2 aromatic rings. The van der Waals surface area contributed by atoms with Gasteiger partial charge >= 0.3 is 0 Å². The number of benzene rings is 1. The van der Waals surface area contributed by atoms with E-state index < -0.39 is 0 Å². The number of likely N-dealkylation sites (N-methyl/N-ethyl adjacent to an activating group) is 1. The average Bonchev–Trinajstić information content (AvgIpc) is 2.74. The van der Waals surface area contributed by atoms with Crippen molar-refractivity contribution in [2.24, 2.45) is 5.92 Å². The lowest BCUT2D eigenvalue weighted by Gasteiger charge is -2.45. The topological polar surface area (TPSA) is 86.4 Å². The van der Waals surface area contributed by atoms with Gasteiger partial charge in [0, 0.05) is 48.9 Å². The highest BCUT2D eigenvalue weighted by Gasteiger charge is 2.40. The predicted molar refractivity (Wildman–Crippen MR) is 124 cm³/mol. The fourth-order valence-corrected chi connectivity index (χ4v) is 4.44. The third kappa shape index (κ3) is 4.88. The van der Waals surface area contributed by atoms with Gasteiger partial charge in [0.1, 0.15) is 5.82 Å². The maximum Gasteiger partial charge on any atom is 0.251 e. The first-order valence-corrected chi connectivity index (χ1v) is 10.9. The van der Waals surface area contributed by atoms with Crippen LogP contribution in [0.4, 0.5) is 11.5 Å². The molecule has 0 radical (unpaired) electrons. The van der Waals surface area contributed by atoms with E-state index in [4.69, 9.17) is 0 Å². The SMILES string of the molecule is CCC1C(C)C(Nc2cccc(C)n2)c2cc(C(=O)NCCNC)ccc2N1C(C)=O. The molecule has 1 aromatic heterocycles. The van der Waals surface area contributed by atoms with Crippen LogP contribution in [0.1, 0.15) is 54.8 Å². The molecule has 2 amide bonds. The Bertz CT molecular complexity index is 945. The Kier molecular flexibility index (Phi) is 7.28. The highest BCUT2D eigenvalue weighted by molar-refractivity contribution is 5.98. The molecule has 0 saturated carbocycles. The van der Waals surface area contributed by atoms with Gasteiger partial charge in [-0.3, -0.25) is 9.59 Å². The normalized spacial score (nSPS) is 20.2. The number of fused-ring (bicyclic) bond motifs is 1. The summed E-state index contributed by atoms with van der Waals surface area (Å²) in [4.78, 5) is 31.8. The third-order valence-corrected chi connectivity index (χ3v) is 5.96. The van der Waals surface area contributed by atoms with Crippen molar-refractivity contribution in [2.75, 3.05) is 30.4 Å². The van der Waals surface area contributed by atoms with Crippen LogP contribution in [0.2, 0.25) is 0 Å². The number of amides is 2. The summed E-state index contributed by atoms with van der Waals surface area (Å²) in [7, 11) is 1.85. The molecule has 1 aliphatic heterocycles. The van der Waals surface area contributed by atoms with Gasteiger partial charge in [-0.2, -0.15) is 0 Å². The molecule has 3 N–H and O–H groups in total. The van der Waals surface area contributed by atoms with E-state index >= 15 is 0 Å². The van der Waals surface area contributed by atoms with Crippen LogP contribution in [0.15, 0.2) is 36.4 Å². The summed E-state index contributed by atoms with van der Waals surface area (Å²) in [6.45, 7) is 9.08. The molecule has 2 heterocycles. The lowest BCUT2D eigenvalue weighted by molar-refractivity contribution is -0.117. The molecule has 0 bridgehead atoms. The molecule has 1 aromatic carbocycles. The number of pyridine rings is 1. The lowest BCUT2D eigenvalue weighted by atomic mass is 9.80. The van der Waals surface area contributed by atoms with Crippen LogP contribution in [0, 0.1) is 12.8 Å². The van der Waals surface area contributed by atoms with Gasteiger partial charge in [-0.1, -0.05) is 19.9 Å². The maximum atomic E-state index is 12.7. The Hall–Kier alpha value is -2.93. The zero-order chi connectivity index (χ0) is 22.5. The van der Waals surface area contributed by atoms with Crippen molar-refractivity contribution in [3.63, 3.8) is 0 Å². The Morgan fingerprint density at radius 3 is 2.58 bits per heavy atom. The maximum absolute atomic E-state index is 12.7. The number of hydrogen-bond donors (Lipinski definition) is 3. The molecular formula is C24H33N5O2. The second-order valence-corrected chi connectivity index (χ2v) is 8.14. The van der Waals surface area contributed by atoms with Gasteiger partial charge in [0.05, 0.1) is 6.04 Å². The first kappa shape index (κ1) is 22.7. The summed E-state index contributed by atoms with van der Waals surface area (Å²) in [5.41, 5.74) is 3.32. The molecule has 3 atom stereocenters. The van der Waals surface area contributed by atoms with Crippen molar-refractivity contribution in [3.8, 4) is 0 Å². The third-order valence-electron chi connectivity index (χ3n) is 5.96. The molecule has 3 unspecified atom stereocenters. The smallest absolute Gasteiger partial charge is 0.251 e. The minimum absolute atomic E-state index is 0.0123. The highest BCUT2D eigenvalue weighted by Crippen LogP contribution is 2.43. The summed E-state index contributed by atoms with van der Waals surface area (Å²) >= 11 is 0. The number of rotatable bonds is 7. The lowest BCUT2D eigenvalue weighted by Crippen LogP contribution is -2.49. The van der Waals surface area contributed by atoms with Crippen molar-refractivity contribution < 1.29 is 9.59 Å². The fraction of sp³-hybridized carbons (Fsp3) is 0.458. The molecule has 0 fully saturated rings. The van der Waals surface area contributed by atoms with Gasteiger partial charge in [0.15, 0.2) is 0 Å². The largest absolute Gasteiger partial charge is 0.363 e. The van der Waals surface area contributed by atoms with E-state index in [2.05, 4.69) is 34.8 Å². The van der Waals surface area contributed by atoms with E-state index in [9.17, 15) is 9.59 Å². The molecule has 7 nitrogen and oxygen atoms in total. The van der Waals surface area contributed by atoms with Gasteiger partial charge in [-0.15, -0.1) is 0 Å². The fourth-order valence-electron chi connectivity index (χ4n) is 4.44. The number of aromatic nitrogens is 1. The Balaban J connectivity index is 2.04. The minimum Gasteiger partial charge on any atom is -0.363 e. The molecule has 166 valence electrons. The number of carbonyl (C=O) groups excluding carboxylic acids is 2. The van der Waals surface area contributed by atoms with Gasteiger partial charge in [-0.05, 0) is 56.3 Å². The first-order chi connectivity index (χ1) is 14.9. The summed E-state index contributed by atoms with van der Waals surface area (Å²) in [5, 5.41) is 9.53. The van der Waals surface area contributed by atoms with Crippen LogP contribution in [-0.2, 0) is 4.79 Å². The number of aryl methyl sites for hydroxylation is 1. The molecule has 7 heteroatoms. The standard InChI is InChI=1S/C24H33N5O2/c1-6-20-16(3)23(28-22-9-7-8-15(2)27-22)19-14-18(24(31)26-13-12-25-5)10-11-21(19)29(20)17(4)30/h7-11,14,16,20,23,25H,6,12-13H2,1-5H3,(H,26,31)(H,27,28). The molecule has 1 aliphatic rings. The van der Waals surface area contributed by atoms with E-state index in [0.29, 0.717) is 18.7 Å². The molecule has 0 aliphatic carbocycles. The number of nitrogens with zero attached hydrogens (tertiary/aromatic N) is 2. The summed E-state index contributed by atoms with van der Waals surface area (Å²) in [6, 6.07) is 11.5. The second-order valence-electron chi connectivity index (χ2n) is 8.14. The molecule has 0 spiro atoms. The molecule has 0 saturated heterocycles. The van der Waals surface area contributed by atoms with Crippen LogP contribution >= 0.6 is 0 Å². The van der Waals surface area contributed by atoms with Crippen molar-refractivity contribution in [3.05, 3.63) is 53.2 Å². The predicted octanol–water partition coefficient (Wildman–Crippen LogP) is 3.27. The molecule has 3 rings (SSSR count). The summed E-state index contributed by atoms with van der Waals surface area (Å²) in [5.74, 6) is 0.813. The van der Waals surface area contributed by atoms with E-state index in [0.717, 1.165) is 29.2 Å². The van der Waals surface area contributed by atoms with Crippen molar-refractivity contribution in [1.29, 1.82) is 0 Å². The van der Waals surface area contributed by atoms with Crippen molar-refractivity contribution in [1.82, 2.24) is 15.6 Å².